The number of methoxy groups -OCH3 is 1. The molecule has 8 rings (SSSR count). The number of rotatable bonds is 3. The van der Waals surface area contributed by atoms with Gasteiger partial charge >= 0.3 is 30.5 Å². The number of urea groups is 2. The molecule has 0 aliphatic carbocycles. The number of likely N-dealkylation sites (tertiary alicyclic amines) is 2. The fourth-order valence-electron chi connectivity index (χ4n) is 8.25. The predicted octanol–water partition coefficient (Wildman–Crippen LogP) is 4.30. The Balaban J connectivity index is 0.000000162. The smallest absolute Gasteiger partial charge is 0.416 e. The number of benzene rings is 2. The lowest BCUT2D eigenvalue weighted by Gasteiger charge is -2.34. The number of piperazine rings is 2. The minimum absolute atomic E-state index is 0.0880. The van der Waals surface area contributed by atoms with Crippen molar-refractivity contribution in [3.05, 3.63) is 59.7 Å². The molecule has 276 valence electrons. The topological polar surface area (TPSA) is 131 Å². The number of carbonyl (C=O) groups is 6. The Hall–Kier alpha value is -5.36. The SMILES string of the molecule is CCC(=O)N1CC2CC1[C@@H]1C(=O)N(c3cccc(C(F)(F)F)c3)C(=O)N21.COC(=O)N1CC2CC1[C@@H]1C(=O)N(c3cccc(C(F)(F)F)c3)C(=O)N21. The summed E-state index contributed by atoms with van der Waals surface area (Å²) in [7, 11) is 1.22. The molecule has 4 bridgehead atoms. The van der Waals surface area contributed by atoms with Gasteiger partial charge in [-0.15, -0.1) is 0 Å². The highest BCUT2D eigenvalue weighted by Crippen LogP contribution is 2.45. The summed E-state index contributed by atoms with van der Waals surface area (Å²) in [6, 6.07) is 3.72. The third kappa shape index (κ3) is 5.30. The van der Waals surface area contributed by atoms with Gasteiger partial charge in [-0.3, -0.25) is 14.4 Å². The van der Waals surface area contributed by atoms with Crippen LogP contribution in [0.15, 0.2) is 48.5 Å². The molecular formula is C33H30F6N6O7. The van der Waals surface area contributed by atoms with E-state index in [4.69, 9.17) is 4.74 Å². The van der Waals surface area contributed by atoms with Gasteiger partial charge in [0.2, 0.25) is 5.91 Å². The van der Waals surface area contributed by atoms with Gasteiger partial charge in [-0.05, 0) is 49.2 Å². The number of hydrogen-bond donors (Lipinski definition) is 0. The molecule has 8 amide bonds. The van der Waals surface area contributed by atoms with Crippen molar-refractivity contribution < 1.29 is 59.8 Å². The highest BCUT2D eigenvalue weighted by Gasteiger charge is 2.64. The van der Waals surface area contributed by atoms with Crippen molar-refractivity contribution in [2.75, 3.05) is 30.0 Å². The number of amides is 8. The third-order valence-electron chi connectivity index (χ3n) is 10.4. The van der Waals surface area contributed by atoms with Crippen molar-refractivity contribution in [1.29, 1.82) is 0 Å². The first kappa shape index (κ1) is 35.1. The lowest BCUT2D eigenvalue weighted by molar-refractivity contribution is -0.138. The molecule has 0 saturated carbocycles. The van der Waals surface area contributed by atoms with Crippen LogP contribution in [0, 0.1) is 0 Å². The monoisotopic (exact) mass is 736 g/mol. The van der Waals surface area contributed by atoms with Crippen LogP contribution in [-0.4, -0.2) is 112 Å². The molecule has 2 aromatic carbocycles. The van der Waals surface area contributed by atoms with Crippen molar-refractivity contribution >= 4 is 47.3 Å². The molecule has 6 saturated heterocycles. The van der Waals surface area contributed by atoms with Gasteiger partial charge in [-0.25, -0.2) is 24.2 Å². The number of imide groups is 2. The lowest BCUT2D eigenvalue weighted by atomic mass is 10.1. The van der Waals surface area contributed by atoms with E-state index in [9.17, 15) is 55.1 Å². The summed E-state index contributed by atoms with van der Waals surface area (Å²) in [5, 5.41) is 0. The van der Waals surface area contributed by atoms with E-state index < -0.39 is 77.6 Å². The Morgan fingerprint density at radius 3 is 1.54 bits per heavy atom. The Kier molecular flexibility index (Phi) is 8.17. The van der Waals surface area contributed by atoms with Gasteiger partial charge in [0.05, 0.1) is 53.8 Å². The van der Waals surface area contributed by atoms with E-state index in [0.29, 0.717) is 25.8 Å². The summed E-state index contributed by atoms with van der Waals surface area (Å²) in [6.07, 6.45) is -8.46. The third-order valence-corrected chi connectivity index (χ3v) is 10.4. The van der Waals surface area contributed by atoms with Gasteiger partial charge in [0.25, 0.3) is 11.8 Å². The Morgan fingerprint density at radius 2 is 1.13 bits per heavy atom. The van der Waals surface area contributed by atoms with E-state index in [1.807, 2.05) is 0 Å². The normalized spacial score (nSPS) is 27.5. The first-order valence-electron chi connectivity index (χ1n) is 16.3. The number of fused-ring (bicyclic) bond motifs is 10. The Morgan fingerprint density at radius 1 is 0.712 bits per heavy atom. The molecule has 6 fully saturated rings. The second-order valence-corrected chi connectivity index (χ2v) is 13.1. The van der Waals surface area contributed by atoms with Crippen molar-refractivity contribution in [3.8, 4) is 0 Å². The summed E-state index contributed by atoms with van der Waals surface area (Å²) in [5.41, 5.74) is -2.10. The molecule has 19 heteroatoms. The van der Waals surface area contributed by atoms with Gasteiger partial charge in [-0.1, -0.05) is 19.1 Å². The summed E-state index contributed by atoms with van der Waals surface area (Å²) in [5.74, 6) is -1.29. The zero-order valence-electron chi connectivity index (χ0n) is 27.4. The second kappa shape index (κ2) is 12.1. The van der Waals surface area contributed by atoms with Gasteiger partial charge in [-0.2, -0.15) is 26.3 Å². The number of halogens is 6. The van der Waals surface area contributed by atoms with Crippen LogP contribution in [-0.2, 0) is 31.5 Å². The first-order valence-corrected chi connectivity index (χ1v) is 16.3. The first-order chi connectivity index (χ1) is 24.5. The Labute approximate surface area is 291 Å². The van der Waals surface area contributed by atoms with Gasteiger partial charge < -0.3 is 24.3 Å². The molecule has 0 radical (unpaired) electrons. The molecule has 13 nitrogen and oxygen atoms in total. The van der Waals surface area contributed by atoms with E-state index in [1.165, 1.54) is 40.0 Å². The van der Waals surface area contributed by atoms with E-state index in [2.05, 4.69) is 0 Å². The van der Waals surface area contributed by atoms with E-state index in [0.717, 1.165) is 40.1 Å². The molecule has 6 atom stereocenters. The highest BCUT2D eigenvalue weighted by atomic mass is 19.4. The summed E-state index contributed by atoms with van der Waals surface area (Å²) in [4.78, 5) is 82.4. The van der Waals surface area contributed by atoms with Crippen LogP contribution in [0.5, 0.6) is 0 Å². The van der Waals surface area contributed by atoms with Crippen LogP contribution in [0.1, 0.15) is 37.3 Å². The van der Waals surface area contributed by atoms with E-state index in [-0.39, 0.29) is 35.9 Å². The van der Waals surface area contributed by atoms with Crippen LogP contribution < -0.4 is 9.80 Å². The molecule has 0 N–H and O–H groups in total. The summed E-state index contributed by atoms with van der Waals surface area (Å²) >= 11 is 0. The summed E-state index contributed by atoms with van der Waals surface area (Å²) in [6.45, 7) is 2.33. The van der Waals surface area contributed by atoms with Crippen LogP contribution in [0.25, 0.3) is 0 Å². The number of carbonyl (C=O) groups excluding carboxylic acids is 6. The fraction of sp³-hybridized carbons (Fsp3) is 0.455. The van der Waals surface area contributed by atoms with Crippen molar-refractivity contribution in [2.24, 2.45) is 0 Å². The molecular weight excluding hydrogens is 706 g/mol. The number of ether oxygens (including phenoxy) is 1. The van der Waals surface area contributed by atoms with Gasteiger partial charge in [0, 0.05) is 19.5 Å². The minimum atomic E-state index is -4.58. The van der Waals surface area contributed by atoms with Gasteiger partial charge in [0.15, 0.2) is 0 Å². The largest absolute Gasteiger partial charge is 0.453 e. The van der Waals surface area contributed by atoms with Crippen molar-refractivity contribution in [2.45, 2.75) is 74.8 Å². The quantitative estimate of drug-likeness (QED) is 0.340. The van der Waals surface area contributed by atoms with E-state index >= 15 is 0 Å². The molecule has 52 heavy (non-hydrogen) atoms. The summed E-state index contributed by atoms with van der Waals surface area (Å²) < 4.78 is 82.4. The molecule has 0 spiro atoms. The van der Waals surface area contributed by atoms with Crippen molar-refractivity contribution in [3.63, 3.8) is 0 Å². The zero-order valence-corrected chi connectivity index (χ0v) is 27.4. The molecule has 6 heterocycles. The molecule has 0 aromatic heterocycles. The second-order valence-electron chi connectivity index (χ2n) is 13.1. The maximum absolute atomic E-state index is 13.0. The molecule has 2 aromatic rings. The molecule has 6 aliphatic rings. The van der Waals surface area contributed by atoms with Crippen LogP contribution in [0.2, 0.25) is 0 Å². The molecule has 6 aliphatic heterocycles. The van der Waals surface area contributed by atoms with Crippen LogP contribution in [0.4, 0.5) is 52.1 Å². The maximum Gasteiger partial charge on any atom is 0.416 e. The number of alkyl halides is 6. The van der Waals surface area contributed by atoms with Gasteiger partial charge in [0.1, 0.15) is 12.1 Å². The predicted molar refractivity (Wildman–Crippen MR) is 165 cm³/mol. The van der Waals surface area contributed by atoms with Crippen LogP contribution in [0.3, 0.4) is 0 Å². The number of nitrogens with zero attached hydrogens (tertiary/aromatic N) is 6. The molecule has 4 unspecified atom stereocenters. The average Bonchev–Trinajstić information content (AvgIpc) is 3.95. The standard InChI is InChI=1S/C17H16F3N3O3.C16H14F3N3O4/c1-2-13(24)21-8-11-7-12(21)14-15(25)23(16(26)22(11)14)10-5-3-4-9(6-10)17(18,19)20;1-26-15(25)20-7-10-6-11(20)12-13(23)22(14(24)21(10)12)9-4-2-3-8(5-9)16(17,18)19/h3-6,11-12,14H,2,7-8H2,1H3;2-5,10-12H,6-7H2,1H3/t11?,12?,14-;10?,11?,12-/m11/s1. The minimum Gasteiger partial charge on any atom is -0.453 e. The van der Waals surface area contributed by atoms with Crippen LogP contribution >= 0.6 is 0 Å². The average molecular weight is 737 g/mol. The highest BCUT2D eigenvalue weighted by molar-refractivity contribution is 6.23. The van der Waals surface area contributed by atoms with Crippen molar-refractivity contribution in [1.82, 2.24) is 19.6 Å². The maximum atomic E-state index is 13.0. The number of hydrogen-bond acceptors (Lipinski definition) is 7. The van der Waals surface area contributed by atoms with E-state index in [1.54, 1.807) is 11.8 Å². The fourth-order valence-corrected chi connectivity index (χ4v) is 8.25. The number of anilines is 2. The zero-order chi connectivity index (χ0) is 37.6. The lowest BCUT2D eigenvalue weighted by Crippen LogP contribution is -2.54. The Bertz CT molecular complexity index is 1760.